The predicted octanol–water partition coefficient (Wildman–Crippen LogP) is 6.81. The predicted molar refractivity (Wildman–Crippen MR) is 132 cm³/mol. The number of benzene rings is 2. The van der Waals surface area contributed by atoms with E-state index in [1.54, 1.807) is 13.0 Å². The number of amides is 1. The number of nitrogens with zero attached hydrogens (tertiary/aromatic N) is 3. The van der Waals surface area contributed by atoms with Crippen LogP contribution in [-0.2, 0) is 9.53 Å². The van der Waals surface area contributed by atoms with Crippen molar-refractivity contribution in [2.24, 2.45) is 0 Å². The number of halogens is 2. The number of carbonyl (C=O) groups excluding carboxylic acids is 1. The molecule has 1 aliphatic rings. The van der Waals surface area contributed by atoms with Gasteiger partial charge < -0.3 is 14.1 Å². The molecule has 1 fully saturated rings. The van der Waals surface area contributed by atoms with Crippen molar-refractivity contribution < 1.29 is 13.9 Å². The normalized spacial score (nSPS) is 21.5. The molecule has 0 bridgehead atoms. The molecule has 4 atom stereocenters. The maximum atomic E-state index is 13.9. The largest absolute Gasteiger partial charge is 0.423 e. The van der Waals surface area contributed by atoms with E-state index in [9.17, 15) is 4.79 Å². The Labute approximate surface area is 209 Å². The van der Waals surface area contributed by atoms with Gasteiger partial charge in [0, 0.05) is 23.4 Å². The third-order valence-electron chi connectivity index (χ3n) is 5.92. The second-order valence-electron chi connectivity index (χ2n) is 8.33. The van der Waals surface area contributed by atoms with Gasteiger partial charge >= 0.3 is 0 Å². The van der Waals surface area contributed by atoms with Gasteiger partial charge in [-0.25, -0.2) is 0 Å². The van der Waals surface area contributed by atoms with Gasteiger partial charge in [0.05, 0.1) is 6.04 Å². The first-order valence-electron chi connectivity index (χ1n) is 11.3. The molecule has 1 amide bonds. The molecule has 0 saturated carbocycles. The Morgan fingerprint density at radius 1 is 1.12 bits per heavy atom. The molecule has 0 aliphatic carbocycles. The molecule has 0 N–H and O–H groups in total. The van der Waals surface area contributed by atoms with Gasteiger partial charge in [0.1, 0.15) is 18.2 Å². The Morgan fingerprint density at radius 3 is 2.50 bits per heavy atom. The number of carbonyl (C=O) groups is 1. The molecule has 0 spiro atoms. The van der Waals surface area contributed by atoms with Crippen LogP contribution in [0.1, 0.15) is 67.3 Å². The van der Waals surface area contributed by atoms with Gasteiger partial charge in [-0.2, -0.15) is 0 Å². The van der Waals surface area contributed by atoms with E-state index in [4.69, 9.17) is 32.4 Å². The number of aryl methyl sites for hydroxylation is 1. The van der Waals surface area contributed by atoms with Crippen molar-refractivity contribution in [3.63, 3.8) is 0 Å². The van der Waals surface area contributed by atoms with Crippen molar-refractivity contribution in [2.75, 3.05) is 0 Å². The number of ether oxygens (including phenoxy) is 1. The highest BCUT2D eigenvalue weighted by Gasteiger charge is 2.47. The molecule has 34 heavy (non-hydrogen) atoms. The van der Waals surface area contributed by atoms with E-state index >= 15 is 0 Å². The first kappa shape index (κ1) is 24.5. The monoisotopic (exact) mass is 499 g/mol. The van der Waals surface area contributed by atoms with Gasteiger partial charge in [0.15, 0.2) is 0 Å². The smallest absolute Gasteiger partial charge is 0.253 e. The van der Waals surface area contributed by atoms with E-state index in [0.717, 1.165) is 17.5 Å². The molecule has 1 aromatic heterocycles. The van der Waals surface area contributed by atoms with Crippen molar-refractivity contribution >= 4 is 29.1 Å². The van der Waals surface area contributed by atoms with E-state index in [0.29, 0.717) is 34.7 Å². The summed E-state index contributed by atoms with van der Waals surface area (Å²) in [6, 6.07) is 14.1. The van der Waals surface area contributed by atoms with Crippen molar-refractivity contribution in [2.45, 2.75) is 57.4 Å². The summed E-state index contributed by atoms with van der Waals surface area (Å²) in [6.07, 6.45) is 2.36. The van der Waals surface area contributed by atoms with E-state index in [-0.39, 0.29) is 5.91 Å². The van der Waals surface area contributed by atoms with Crippen LogP contribution in [0.4, 0.5) is 0 Å². The summed E-state index contributed by atoms with van der Waals surface area (Å²) in [5, 5.41) is 9.52. The Balaban J connectivity index is 1.91. The van der Waals surface area contributed by atoms with Crippen LogP contribution >= 0.6 is 23.2 Å². The van der Waals surface area contributed by atoms with Crippen LogP contribution in [-0.4, -0.2) is 27.1 Å². The fraction of sp³-hybridized carbons (Fsp3) is 0.346. The zero-order valence-corrected chi connectivity index (χ0v) is 20.7. The Hall–Kier alpha value is -2.67. The van der Waals surface area contributed by atoms with Gasteiger partial charge in [-0.1, -0.05) is 66.9 Å². The SMILES string of the molecule is C=CC[C@@H]1O[C@@H](c2cccc(Cl)c2)[C@@H](c2ccc(Cl)cc2)N([C@H](CCC)c2nnc(C)o2)C1=O. The molecular formula is C26H27Cl2N3O3. The van der Waals surface area contributed by atoms with Crippen molar-refractivity contribution in [1.82, 2.24) is 15.1 Å². The molecular weight excluding hydrogens is 473 g/mol. The number of hydrogen-bond acceptors (Lipinski definition) is 5. The van der Waals surface area contributed by atoms with Crippen molar-refractivity contribution in [3.05, 3.63) is 94.1 Å². The van der Waals surface area contributed by atoms with Crippen molar-refractivity contribution in [3.8, 4) is 0 Å². The zero-order valence-electron chi connectivity index (χ0n) is 19.2. The van der Waals surface area contributed by atoms with Gasteiger partial charge in [0.2, 0.25) is 11.8 Å². The number of rotatable bonds is 8. The van der Waals surface area contributed by atoms with Crippen LogP contribution in [0.5, 0.6) is 0 Å². The summed E-state index contributed by atoms with van der Waals surface area (Å²) in [4.78, 5) is 15.8. The first-order chi connectivity index (χ1) is 16.4. The van der Waals surface area contributed by atoms with E-state index in [1.165, 1.54) is 0 Å². The van der Waals surface area contributed by atoms with Crippen LogP contribution in [0.2, 0.25) is 10.0 Å². The fourth-order valence-corrected chi connectivity index (χ4v) is 4.78. The lowest BCUT2D eigenvalue weighted by atomic mass is 9.89. The fourth-order valence-electron chi connectivity index (χ4n) is 4.46. The van der Waals surface area contributed by atoms with Gasteiger partial charge in [-0.15, -0.1) is 16.8 Å². The Morgan fingerprint density at radius 2 is 1.88 bits per heavy atom. The van der Waals surface area contributed by atoms with Crippen LogP contribution in [0, 0.1) is 6.92 Å². The second-order valence-corrected chi connectivity index (χ2v) is 9.20. The van der Waals surface area contributed by atoms with Crippen LogP contribution in [0.3, 0.4) is 0 Å². The highest BCUT2D eigenvalue weighted by Crippen LogP contribution is 2.47. The van der Waals surface area contributed by atoms with Crippen molar-refractivity contribution in [1.29, 1.82) is 0 Å². The van der Waals surface area contributed by atoms with Crippen LogP contribution in [0.25, 0.3) is 0 Å². The number of aromatic nitrogens is 2. The maximum absolute atomic E-state index is 13.9. The zero-order chi connectivity index (χ0) is 24.2. The topological polar surface area (TPSA) is 68.5 Å². The lowest BCUT2D eigenvalue weighted by Crippen LogP contribution is -2.52. The summed E-state index contributed by atoms with van der Waals surface area (Å²) in [7, 11) is 0. The third-order valence-corrected chi connectivity index (χ3v) is 6.41. The summed E-state index contributed by atoms with van der Waals surface area (Å²) in [6.45, 7) is 7.63. The molecule has 4 rings (SSSR count). The molecule has 1 aliphatic heterocycles. The standard InChI is InChI=1S/C26H27Cl2N3O3/c1-4-7-21(25-30-29-16(3)33-25)31-23(17-11-13-19(27)14-12-17)24(18-9-6-10-20(28)15-18)34-22(8-5-2)26(31)32/h5-6,9-15,21-24H,2,4,7-8H2,1,3H3/t21-,22+,23-,24+/m1/s1. The summed E-state index contributed by atoms with van der Waals surface area (Å²) in [5.74, 6) is 0.720. The van der Waals surface area contributed by atoms with E-state index < -0.39 is 24.3 Å². The van der Waals surface area contributed by atoms with Gasteiger partial charge in [0.25, 0.3) is 5.91 Å². The third kappa shape index (κ3) is 5.04. The minimum absolute atomic E-state index is 0.146. The molecule has 2 aromatic carbocycles. The maximum Gasteiger partial charge on any atom is 0.253 e. The second kappa shape index (κ2) is 10.7. The average Bonchev–Trinajstić information content (AvgIpc) is 3.25. The van der Waals surface area contributed by atoms with Crippen LogP contribution in [0.15, 0.2) is 65.6 Å². The highest BCUT2D eigenvalue weighted by atomic mass is 35.5. The van der Waals surface area contributed by atoms with E-state index in [2.05, 4.69) is 23.7 Å². The molecule has 0 radical (unpaired) electrons. The minimum atomic E-state index is -0.701. The molecule has 178 valence electrons. The lowest BCUT2D eigenvalue weighted by molar-refractivity contribution is -0.180. The average molecular weight is 500 g/mol. The van der Waals surface area contributed by atoms with Gasteiger partial charge in [-0.05, 0) is 41.8 Å². The molecule has 6 nitrogen and oxygen atoms in total. The van der Waals surface area contributed by atoms with E-state index in [1.807, 2.05) is 53.4 Å². The molecule has 8 heteroatoms. The molecule has 2 heterocycles. The van der Waals surface area contributed by atoms with Crippen LogP contribution < -0.4 is 0 Å². The quantitative estimate of drug-likeness (QED) is 0.318. The molecule has 1 saturated heterocycles. The number of hydrogen-bond donors (Lipinski definition) is 0. The first-order valence-corrected chi connectivity index (χ1v) is 12.1. The highest BCUT2D eigenvalue weighted by molar-refractivity contribution is 6.30. The Bertz CT molecular complexity index is 1150. The summed E-state index contributed by atoms with van der Waals surface area (Å²) >= 11 is 12.5. The Kier molecular flexibility index (Phi) is 7.71. The summed E-state index contributed by atoms with van der Waals surface area (Å²) in [5.41, 5.74) is 1.76. The number of morpholine rings is 1. The van der Waals surface area contributed by atoms with Gasteiger partial charge in [-0.3, -0.25) is 4.79 Å². The minimum Gasteiger partial charge on any atom is -0.423 e. The molecule has 0 unspecified atom stereocenters. The molecule has 3 aromatic rings. The lowest BCUT2D eigenvalue weighted by Gasteiger charge is -2.47. The summed E-state index contributed by atoms with van der Waals surface area (Å²) < 4.78 is 12.3.